The first-order chi connectivity index (χ1) is 5.29. The Bertz CT molecular complexity index is 165. The van der Waals surface area contributed by atoms with Crippen molar-refractivity contribution in [3.05, 3.63) is 12.7 Å². The molecular weight excluding hydrogens is 138 g/mol. The maximum atomic E-state index is 11.2. The third-order valence-corrected chi connectivity index (χ3v) is 2.35. The summed E-state index contributed by atoms with van der Waals surface area (Å²) in [6, 6.07) is 0.389. The highest BCUT2D eigenvalue weighted by Gasteiger charge is 2.29. The van der Waals surface area contributed by atoms with Gasteiger partial charge in [0, 0.05) is 12.0 Å². The molecule has 1 aliphatic rings. The lowest BCUT2D eigenvalue weighted by atomic mass is 9.94. The van der Waals surface area contributed by atoms with E-state index in [4.69, 9.17) is 0 Å². The number of hydrogen-bond donors (Lipinski definition) is 1. The highest BCUT2D eigenvalue weighted by molar-refractivity contribution is 5.91. The Morgan fingerprint density at radius 3 is 3.09 bits per heavy atom. The van der Waals surface area contributed by atoms with Gasteiger partial charge in [-0.2, -0.15) is 0 Å². The molecule has 0 saturated carbocycles. The van der Waals surface area contributed by atoms with E-state index in [9.17, 15) is 4.79 Å². The van der Waals surface area contributed by atoms with Crippen LogP contribution in [0.5, 0.6) is 0 Å². The standard InChI is InChI=1S/C9H15NO/c1-3-8-7(5-6-10-8)9(11)4-2/h4,7-8,10H,2-3,5-6H2,1H3. The van der Waals surface area contributed by atoms with Crippen molar-refractivity contribution in [3.8, 4) is 0 Å². The van der Waals surface area contributed by atoms with Gasteiger partial charge in [0.15, 0.2) is 5.78 Å². The smallest absolute Gasteiger partial charge is 0.159 e. The molecule has 1 saturated heterocycles. The van der Waals surface area contributed by atoms with Crippen LogP contribution in [0.15, 0.2) is 12.7 Å². The van der Waals surface area contributed by atoms with E-state index in [0.717, 1.165) is 19.4 Å². The highest BCUT2D eigenvalue weighted by Crippen LogP contribution is 2.19. The maximum absolute atomic E-state index is 11.2. The minimum atomic E-state index is 0.192. The van der Waals surface area contributed by atoms with Crippen molar-refractivity contribution in [1.82, 2.24) is 5.32 Å². The summed E-state index contributed by atoms with van der Waals surface area (Å²) in [5.41, 5.74) is 0. The molecule has 2 nitrogen and oxygen atoms in total. The summed E-state index contributed by atoms with van der Waals surface area (Å²) >= 11 is 0. The molecule has 0 radical (unpaired) electrons. The summed E-state index contributed by atoms with van der Waals surface area (Å²) in [4.78, 5) is 11.2. The van der Waals surface area contributed by atoms with E-state index in [1.165, 1.54) is 6.08 Å². The van der Waals surface area contributed by atoms with Crippen molar-refractivity contribution in [2.24, 2.45) is 5.92 Å². The molecule has 11 heavy (non-hydrogen) atoms. The quantitative estimate of drug-likeness (QED) is 0.616. The van der Waals surface area contributed by atoms with Gasteiger partial charge in [0.2, 0.25) is 0 Å². The van der Waals surface area contributed by atoms with Crippen molar-refractivity contribution in [2.75, 3.05) is 6.54 Å². The van der Waals surface area contributed by atoms with Crippen LogP contribution in [0.2, 0.25) is 0 Å². The minimum absolute atomic E-state index is 0.192. The Kier molecular flexibility index (Phi) is 2.83. The molecule has 2 heteroatoms. The highest BCUT2D eigenvalue weighted by atomic mass is 16.1. The molecule has 0 aromatic carbocycles. The summed E-state index contributed by atoms with van der Waals surface area (Å²) in [5.74, 6) is 0.388. The Labute approximate surface area is 67.7 Å². The Balaban J connectivity index is 2.55. The fraction of sp³-hybridized carbons (Fsp3) is 0.667. The minimum Gasteiger partial charge on any atom is -0.313 e. The van der Waals surface area contributed by atoms with Crippen LogP contribution in [0.25, 0.3) is 0 Å². The zero-order valence-electron chi connectivity index (χ0n) is 6.97. The lowest BCUT2D eigenvalue weighted by Gasteiger charge is -2.13. The Morgan fingerprint density at radius 2 is 2.55 bits per heavy atom. The van der Waals surface area contributed by atoms with Crippen LogP contribution in [-0.2, 0) is 4.79 Å². The van der Waals surface area contributed by atoms with E-state index < -0.39 is 0 Å². The number of rotatable bonds is 3. The van der Waals surface area contributed by atoms with Gasteiger partial charge < -0.3 is 5.32 Å². The van der Waals surface area contributed by atoms with Gasteiger partial charge in [-0.05, 0) is 25.5 Å². The van der Waals surface area contributed by atoms with Crippen LogP contribution in [0.4, 0.5) is 0 Å². The van der Waals surface area contributed by atoms with Gasteiger partial charge in [-0.15, -0.1) is 0 Å². The molecule has 0 spiro atoms. The van der Waals surface area contributed by atoms with E-state index in [0.29, 0.717) is 6.04 Å². The van der Waals surface area contributed by atoms with Gasteiger partial charge in [0.1, 0.15) is 0 Å². The van der Waals surface area contributed by atoms with Gasteiger partial charge in [-0.1, -0.05) is 13.5 Å². The summed E-state index contributed by atoms with van der Waals surface area (Å²) in [5, 5.41) is 3.30. The van der Waals surface area contributed by atoms with E-state index in [-0.39, 0.29) is 11.7 Å². The van der Waals surface area contributed by atoms with Crippen molar-refractivity contribution >= 4 is 5.78 Å². The molecule has 1 heterocycles. The molecular formula is C9H15NO. The van der Waals surface area contributed by atoms with Crippen LogP contribution < -0.4 is 5.32 Å². The van der Waals surface area contributed by atoms with Crippen LogP contribution in [0, 0.1) is 5.92 Å². The monoisotopic (exact) mass is 153 g/mol. The first-order valence-corrected chi connectivity index (χ1v) is 4.19. The fourth-order valence-electron chi connectivity index (χ4n) is 1.69. The normalized spacial score (nSPS) is 30.3. The number of hydrogen-bond acceptors (Lipinski definition) is 2. The predicted molar refractivity (Wildman–Crippen MR) is 45.4 cm³/mol. The molecule has 0 amide bonds. The van der Waals surface area contributed by atoms with Crippen LogP contribution in [-0.4, -0.2) is 18.4 Å². The summed E-state index contributed by atoms with van der Waals surface area (Å²) in [6.45, 7) is 6.58. The van der Waals surface area contributed by atoms with E-state index in [1.807, 2.05) is 0 Å². The average Bonchev–Trinajstić information content (AvgIpc) is 2.50. The van der Waals surface area contributed by atoms with E-state index in [2.05, 4.69) is 18.8 Å². The molecule has 1 aliphatic heterocycles. The number of ketones is 1. The van der Waals surface area contributed by atoms with Crippen LogP contribution in [0.3, 0.4) is 0 Å². The molecule has 2 unspecified atom stereocenters. The Morgan fingerprint density at radius 1 is 1.82 bits per heavy atom. The third kappa shape index (κ3) is 1.69. The fourth-order valence-corrected chi connectivity index (χ4v) is 1.69. The zero-order chi connectivity index (χ0) is 8.27. The molecule has 1 fully saturated rings. The lowest BCUT2D eigenvalue weighted by molar-refractivity contribution is -0.118. The van der Waals surface area contributed by atoms with E-state index in [1.54, 1.807) is 0 Å². The third-order valence-electron chi connectivity index (χ3n) is 2.35. The largest absolute Gasteiger partial charge is 0.313 e. The SMILES string of the molecule is C=CC(=O)C1CCNC1CC. The lowest BCUT2D eigenvalue weighted by Crippen LogP contribution is -2.29. The van der Waals surface area contributed by atoms with Gasteiger partial charge in [-0.3, -0.25) is 4.79 Å². The molecule has 1 N–H and O–H groups in total. The number of allylic oxidation sites excluding steroid dienone is 1. The van der Waals surface area contributed by atoms with Gasteiger partial charge in [0.05, 0.1) is 0 Å². The van der Waals surface area contributed by atoms with Crippen molar-refractivity contribution in [1.29, 1.82) is 0 Å². The summed E-state index contributed by atoms with van der Waals surface area (Å²) < 4.78 is 0. The molecule has 0 aliphatic carbocycles. The predicted octanol–water partition coefficient (Wildman–Crippen LogP) is 1.13. The first kappa shape index (κ1) is 8.47. The Hall–Kier alpha value is -0.630. The van der Waals surface area contributed by atoms with E-state index >= 15 is 0 Å². The van der Waals surface area contributed by atoms with Crippen molar-refractivity contribution in [2.45, 2.75) is 25.8 Å². The molecule has 0 bridgehead atoms. The van der Waals surface area contributed by atoms with Gasteiger partial charge in [-0.25, -0.2) is 0 Å². The number of carbonyl (C=O) groups excluding carboxylic acids is 1. The second-order valence-corrected chi connectivity index (χ2v) is 2.97. The first-order valence-electron chi connectivity index (χ1n) is 4.19. The second kappa shape index (κ2) is 3.67. The van der Waals surface area contributed by atoms with Gasteiger partial charge in [0.25, 0.3) is 0 Å². The molecule has 2 atom stereocenters. The maximum Gasteiger partial charge on any atom is 0.159 e. The van der Waals surface area contributed by atoms with Crippen LogP contribution >= 0.6 is 0 Å². The summed E-state index contributed by atoms with van der Waals surface area (Å²) in [7, 11) is 0. The molecule has 1 rings (SSSR count). The van der Waals surface area contributed by atoms with Crippen molar-refractivity contribution < 1.29 is 4.79 Å². The van der Waals surface area contributed by atoms with Crippen LogP contribution in [0.1, 0.15) is 19.8 Å². The van der Waals surface area contributed by atoms with Gasteiger partial charge >= 0.3 is 0 Å². The zero-order valence-corrected chi connectivity index (χ0v) is 6.97. The summed E-state index contributed by atoms with van der Waals surface area (Å²) in [6.07, 6.45) is 3.45. The number of carbonyl (C=O) groups is 1. The molecule has 62 valence electrons. The molecule has 0 aromatic heterocycles. The molecule has 0 aromatic rings. The second-order valence-electron chi connectivity index (χ2n) is 2.97. The topological polar surface area (TPSA) is 29.1 Å². The van der Waals surface area contributed by atoms with Crippen molar-refractivity contribution in [3.63, 3.8) is 0 Å². The average molecular weight is 153 g/mol. The number of nitrogens with one attached hydrogen (secondary N) is 1.